The van der Waals surface area contributed by atoms with E-state index >= 15 is 0 Å². The molecule has 1 aromatic heterocycles. The molecule has 0 aliphatic carbocycles. The fourth-order valence-electron chi connectivity index (χ4n) is 1.63. The minimum absolute atomic E-state index is 0.0706. The highest BCUT2D eigenvalue weighted by Gasteiger charge is 2.13. The van der Waals surface area contributed by atoms with Crippen LogP contribution >= 0.6 is 0 Å². The smallest absolute Gasteiger partial charge is 0.213 e. The SMILES string of the molecule is Cc1ccc(C)c(C(=O)c2cnc(C)cn2)c1. The summed E-state index contributed by atoms with van der Waals surface area (Å²) in [7, 11) is 0. The number of carbonyl (C=O) groups is 1. The minimum Gasteiger partial charge on any atom is -0.287 e. The van der Waals surface area contributed by atoms with E-state index in [1.807, 2.05) is 39.0 Å². The maximum Gasteiger partial charge on any atom is 0.213 e. The second kappa shape index (κ2) is 4.45. The Morgan fingerprint density at radius 2 is 1.82 bits per heavy atom. The lowest BCUT2D eigenvalue weighted by Crippen LogP contribution is -2.07. The van der Waals surface area contributed by atoms with Crippen molar-refractivity contribution >= 4 is 5.78 Å². The second-order valence-corrected chi connectivity index (χ2v) is 4.19. The Labute approximate surface area is 101 Å². The molecule has 17 heavy (non-hydrogen) atoms. The van der Waals surface area contributed by atoms with Gasteiger partial charge in [0.25, 0.3) is 0 Å². The Balaban J connectivity index is 2.43. The summed E-state index contributed by atoms with van der Waals surface area (Å²) >= 11 is 0. The summed E-state index contributed by atoms with van der Waals surface area (Å²) in [6.07, 6.45) is 3.14. The van der Waals surface area contributed by atoms with Crippen LogP contribution in [-0.2, 0) is 0 Å². The fourth-order valence-corrected chi connectivity index (χ4v) is 1.63. The number of benzene rings is 1. The van der Waals surface area contributed by atoms with Gasteiger partial charge >= 0.3 is 0 Å². The van der Waals surface area contributed by atoms with E-state index in [4.69, 9.17) is 0 Å². The zero-order chi connectivity index (χ0) is 12.4. The van der Waals surface area contributed by atoms with Crippen molar-refractivity contribution in [1.29, 1.82) is 0 Å². The summed E-state index contributed by atoms with van der Waals surface area (Å²) in [6, 6.07) is 5.83. The number of aryl methyl sites for hydroxylation is 3. The number of ketones is 1. The number of hydrogen-bond acceptors (Lipinski definition) is 3. The number of aromatic nitrogens is 2. The predicted octanol–water partition coefficient (Wildman–Crippen LogP) is 2.63. The number of nitrogens with zero attached hydrogens (tertiary/aromatic N) is 2. The summed E-state index contributed by atoms with van der Waals surface area (Å²) < 4.78 is 0. The monoisotopic (exact) mass is 226 g/mol. The van der Waals surface area contributed by atoms with E-state index in [0.29, 0.717) is 11.3 Å². The van der Waals surface area contributed by atoms with Crippen LogP contribution in [0.25, 0.3) is 0 Å². The summed E-state index contributed by atoms with van der Waals surface area (Å²) in [5.74, 6) is -0.0706. The molecule has 0 aliphatic rings. The van der Waals surface area contributed by atoms with Crippen LogP contribution in [0.15, 0.2) is 30.6 Å². The van der Waals surface area contributed by atoms with Crippen molar-refractivity contribution in [3.63, 3.8) is 0 Å². The zero-order valence-corrected chi connectivity index (χ0v) is 10.2. The van der Waals surface area contributed by atoms with E-state index in [1.54, 1.807) is 6.20 Å². The summed E-state index contributed by atoms with van der Waals surface area (Å²) in [6.45, 7) is 5.74. The molecule has 1 heterocycles. The van der Waals surface area contributed by atoms with Crippen LogP contribution in [0.3, 0.4) is 0 Å². The zero-order valence-electron chi connectivity index (χ0n) is 10.2. The molecular weight excluding hydrogens is 212 g/mol. The first-order valence-electron chi connectivity index (χ1n) is 5.48. The van der Waals surface area contributed by atoms with Gasteiger partial charge < -0.3 is 0 Å². The van der Waals surface area contributed by atoms with Gasteiger partial charge in [-0.15, -0.1) is 0 Å². The van der Waals surface area contributed by atoms with Crippen molar-refractivity contribution in [3.8, 4) is 0 Å². The van der Waals surface area contributed by atoms with Crippen LogP contribution in [0.2, 0.25) is 0 Å². The largest absolute Gasteiger partial charge is 0.287 e. The molecule has 0 radical (unpaired) electrons. The van der Waals surface area contributed by atoms with Crippen molar-refractivity contribution in [2.45, 2.75) is 20.8 Å². The number of rotatable bonds is 2. The molecule has 0 fully saturated rings. The summed E-state index contributed by atoms with van der Waals surface area (Å²) in [5.41, 5.74) is 3.93. The first-order chi connectivity index (χ1) is 8.08. The lowest BCUT2D eigenvalue weighted by Gasteiger charge is -2.05. The molecule has 1 aromatic carbocycles. The average molecular weight is 226 g/mol. The molecule has 86 valence electrons. The molecule has 0 N–H and O–H groups in total. The normalized spacial score (nSPS) is 10.3. The first-order valence-corrected chi connectivity index (χ1v) is 5.48. The van der Waals surface area contributed by atoms with Crippen molar-refractivity contribution in [1.82, 2.24) is 9.97 Å². The molecule has 0 atom stereocenters. The van der Waals surface area contributed by atoms with Gasteiger partial charge in [-0.2, -0.15) is 0 Å². The molecule has 2 rings (SSSR count). The summed E-state index contributed by atoms with van der Waals surface area (Å²) in [4.78, 5) is 20.4. The molecule has 0 unspecified atom stereocenters. The average Bonchev–Trinajstić information content (AvgIpc) is 2.32. The summed E-state index contributed by atoms with van der Waals surface area (Å²) in [5, 5.41) is 0. The standard InChI is InChI=1S/C14H14N2O/c1-9-4-5-10(2)12(6-9)14(17)13-8-15-11(3)7-16-13/h4-8H,1-3H3. The molecule has 0 aliphatic heterocycles. The van der Waals surface area contributed by atoms with Gasteiger partial charge in [-0.05, 0) is 32.4 Å². The van der Waals surface area contributed by atoms with Crippen molar-refractivity contribution in [3.05, 3.63) is 58.7 Å². The fraction of sp³-hybridized carbons (Fsp3) is 0.214. The van der Waals surface area contributed by atoms with E-state index in [2.05, 4.69) is 9.97 Å². The van der Waals surface area contributed by atoms with E-state index in [-0.39, 0.29) is 5.78 Å². The van der Waals surface area contributed by atoms with Gasteiger partial charge in [-0.25, -0.2) is 4.98 Å². The predicted molar refractivity (Wildman–Crippen MR) is 66.1 cm³/mol. The molecule has 2 aromatic rings. The minimum atomic E-state index is -0.0706. The Bertz CT molecular complexity index is 559. The van der Waals surface area contributed by atoms with Crippen LogP contribution in [0, 0.1) is 20.8 Å². The van der Waals surface area contributed by atoms with Crippen molar-refractivity contribution < 1.29 is 4.79 Å². The Kier molecular flexibility index (Phi) is 3.00. The lowest BCUT2D eigenvalue weighted by molar-refractivity contribution is 0.103. The van der Waals surface area contributed by atoms with Gasteiger partial charge in [-0.3, -0.25) is 9.78 Å². The molecule has 3 nitrogen and oxygen atoms in total. The van der Waals surface area contributed by atoms with E-state index in [9.17, 15) is 4.79 Å². The second-order valence-electron chi connectivity index (χ2n) is 4.19. The van der Waals surface area contributed by atoms with Crippen LogP contribution in [0.1, 0.15) is 32.9 Å². The van der Waals surface area contributed by atoms with Gasteiger partial charge in [0.1, 0.15) is 5.69 Å². The first kappa shape index (κ1) is 11.5. The molecule has 3 heteroatoms. The molecule has 0 spiro atoms. The molecule has 0 bridgehead atoms. The molecule has 0 saturated heterocycles. The Hall–Kier alpha value is -2.03. The Morgan fingerprint density at radius 1 is 1.06 bits per heavy atom. The van der Waals surface area contributed by atoms with Gasteiger partial charge in [0.2, 0.25) is 5.78 Å². The number of carbonyl (C=O) groups excluding carboxylic acids is 1. The van der Waals surface area contributed by atoms with Crippen molar-refractivity contribution in [2.24, 2.45) is 0 Å². The quantitative estimate of drug-likeness (QED) is 0.739. The maximum absolute atomic E-state index is 12.2. The maximum atomic E-state index is 12.2. The van der Waals surface area contributed by atoms with Gasteiger partial charge in [0.15, 0.2) is 0 Å². The van der Waals surface area contributed by atoms with Gasteiger partial charge in [-0.1, -0.05) is 17.7 Å². The van der Waals surface area contributed by atoms with Crippen molar-refractivity contribution in [2.75, 3.05) is 0 Å². The van der Waals surface area contributed by atoms with E-state index < -0.39 is 0 Å². The third-order valence-corrected chi connectivity index (χ3v) is 2.65. The van der Waals surface area contributed by atoms with Gasteiger partial charge in [0, 0.05) is 11.8 Å². The van der Waals surface area contributed by atoms with Crippen LogP contribution in [0.4, 0.5) is 0 Å². The molecular formula is C14H14N2O. The van der Waals surface area contributed by atoms with Gasteiger partial charge in [0.05, 0.1) is 11.9 Å². The highest BCUT2D eigenvalue weighted by atomic mass is 16.1. The van der Waals surface area contributed by atoms with Crippen LogP contribution < -0.4 is 0 Å². The Morgan fingerprint density at radius 3 is 2.47 bits per heavy atom. The number of hydrogen-bond donors (Lipinski definition) is 0. The van der Waals surface area contributed by atoms with E-state index in [0.717, 1.165) is 16.8 Å². The van der Waals surface area contributed by atoms with Crippen LogP contribution in [-0.4, -0.2) is 15.8 Å². The topological polar surface area (TPSA) is 42.9 Å². The highest BCUT2D eigenvalue weighted by molar-refractivity contribution is 6.08. The highest BCUT2D eigenvalue weighted by Crippen LogP contribution is 2.14. The third-order valence-electron chi connectivity index (χ3n) is 2.65. The molecule has 0 saturated carbocycles. The molecule has 0 amide bonds. The van der Waals surface area contributed by atoms with E-state index in [1.165, 1.54) is 6.20 Å². The van der Waals surface area contributed by atoms with Crippen LogP contribution in [0.5, 0.6) is 0 Å². The third kappa shape index (κ3) is 2.38. The lowest BCUT2D eigenvalue weighted by atomic mass is 10.0.